The molecule has 1 rings (SSSR count). The van der Waals surface area contributed by atoms with E-state index in [9.17, 15) is 0 Å². The predicted octanol–water partition coefficient (Wildman–Crippen LogP) is 1.79. The van der Waals surface area contributed by atoms with E-state index in [1.165, 1.54) is 0 Å². The van der Waals surface area contributed by atoms with Gasteiger partial charge >= 0.3 is 0 Å². The van der Waals surface area contributed by atoms with Crippen molar-refractivity contribution in [2.45, 2.75) is 40.2 Å². The van der Waals surface area contributed by atoms with E-state index in [1.54, 1.807) is 0 Å². The highest BCUT2D eigenvalue weighted by molar-refractivity contribution is 5.00. The lowest BCUT2D eigenvalue weighted by Crippen LogP contribution is -2.49. The van der Waals surface area contributed by atoms with Crippen molar-refractivity contribution in [3.05, 3.63) is 0 Å². The van der Waals surface area contributed by atoms with Crippen LogP contribution in [-0.2, 0) is 4.74 Å². The summed E-state index contributed by atoms with van der Waals surface area (Å²) in [5.74, 6) is 0. The van der Waals surface area contributed by atoms with Gasteiger partial charge in [0.25, 0.3) is 0 Å². The quantitative estimate of drug-likeness (QED) is 0.652. The van der Waals surface area contributed by atoms with E-state index in [0.717, 1.165) is 19.6 Å². The van der Waals surface area contributed by atoms with E-state index < -0.39 is 0 Å². The van der Waals surface area contributed by atoms with Gasteiger partial charge in [-0.25, -0.2) is 0 Å². The molecule has 1 fully saturated rings. The molecule has 12 heavy (non-hydrogen) atoms. The van der Waals surface area contributed by atoms with Crippen LogP contribution in [-0.4, -0.2) is 19.3 Å². The third-order valence-electron chi connectivity index (χ3n) is 3.49. The molecule has 1 unspecified atom stereocenters. The summed E-state index contributed by atoms with van der Waals surface area (Å²) in [6.45, 7) is 10.5. The third-order valence-corrected chi connectivity index (χ3v) is 3.49. The number of hydrogen-bond acceptors (Lipinski definition) is 2. The molecule has 0 amide bonds. The molecule has 0 aromatic carbocycles. The van der Waals surface area contributed by atoms with E-state index >= 15 is 0 Å². The van der Waals surface area contributed by atoms with Gasteiger partial charge in [0, 0.05) is 11.5 Å². The first-order valence-electron chi connectivity index (χ1n) is 4.77. The van der Waals surface area contributed by atoms with Crippen molar-refractivity contribution in [1.82, 2.24) is 0 Å². The summed E-state index contributed by atoms with van der Waals surface area (Å²) in [4.78, 5) is 0. The average molecular weight is 171 g/mol. The Balaban J connectivity index is 2.89. The summed E-state index contributed by atoms with van der Waals surface area (Å²) < 4.78 is 5.47. The van der Waals surface area contributed by atoms with Gasteiger partial charge in [-0.15, -0.1) is 0 Å². The minimum atomic E-state index is 0.188. The van der Waals surface area contributed by atoms with Crippen LogP contribution in [0.4, 0.5) is 0 Å². The molecule has 0 radical (unpaired) electrons. The zero-order valence-electron chi connectivity index (χ0n) is 8.68. The summed E-state index contributed by atoms with van der Waals surface area (Å²) in [6.07, 6.45) is 1.11. The molecule has 1 aliphatic heterocycles. The maximum Gasteiger partial charge on any atom is 0.0624 e. The second-order valence-corrected chi connectivity index (χ2v) is 4.88. The van der Waals surface area contributed by atoms with Gasteiger partial charge in [-0.3, -0.25) is 0 Å². The molecule has 0 saturated carbocycles. The van der Waals surface area contributed by atoms with Crippen LogP contribution in [0.25, 0.3) is 0 Å². The summed E-state index contributed by atoms with van der Waals surface area (Å²) in [5, 5.41) is 0. The van der Waals surface area contributed by atoms with E-state index in [2.05, 4.69) is 27.7 Å². The molecule has 0 aromatic heterocycles. The molecule has 2 heteroatoms. The Labute approximate surface area is 75.5 Å². The third kappa shape index (κ3) is 1.27. The second-order valence-electron chi connectivity index (χ2n) is 4.88. The van der Waals surface area contributed by atoms with Gasteiger partial charge in [-0.1, -0.05) is 27.7 Å². The lowest BCUT2D eigenvalue weighted by molar-refractivity contribution is 0.0492. The Kier molecular flexibility index (Phi) is 2.50. The molecule has 2 atom stereocenters. The topological polar surface area (TPSA) is 35.2 Å². The summed E-state index contributed by atoms with van der Waals surface area (Å²) >= 11 is 0. The molecule has 2 nitrogen and oxygen atoms in total. The van der Waals surface area contributed by atoms with Gasteiger partial charge in [0.15, 0.2) is 0 Å². The Morgan fingerprint density at radius 3 is 2.25 bits per heavy atom. The van der Waals surface area contributed by atoms with Crippen molar-refractivity contribution in [3.8, 4) is 0 Å². The molecule has 0 aromatic rings. The van der Waals surface area contributed by atoms with Crippen molar-refractivity contribution in [3.63, 3.8) is 0 Å². The van der Waals surface area contributed by atoms with Crippen LogP contribution in [0.1, 0.15) is 34.1 Å². The van der Waals surface area contributed by atoms with Crippen molar-refractivity contribution in [1.29, 1.82) is 0 Å². The molecule has 1 aliphatic rings. The number of rotatable bonds is 1. The van der Waals surface area contributed by atoms with Gasteiger partial charge in [0.2, 0.25) is 0 Å². The molecular formula is C10H21NO. The highest BCUT2D eigenvalue weighted by Gasteiger charge is 2.48. The van der Waals surface area contributed by atoms with Crippen molar-refractivity contribution < 1.29 is 4.74 Å². The van der Waals surface area contributed by atoms with Crippen LogP contribution in [0.5, 0.6) is 0 Å². The fourth-order valence-corrected chi connectivity index (χ4v) is 2.30. The van der Waals surface area contributed by atoms with Crippen LogP contribution in [0.3, 0.4) is 0 Å². The lowest BCUT2D eigenvalue weighted by Gasteiger charge is -2.43. The van der Waals surface area contributed by atoms with Crippen LogP contribution in [0.2, 0.25) is 0 Å². The largest absolute Gasteiger partial charge is 0.379 e. The zero-order valence-corrected chi connectivity index (χ0v) is 8.68. The first-order chi connectivity index (χ1) is 5.44. The minimum absolute atomic E-state index is 0.188. The molecule has 0 aliphatic carbocycles. The van der Waals surface area contributed by atoms with Gasteiger partial charge in [-0.05, 0) is 11.8 Å². The van der Waals surface area contributed by atoms with Crippen molar-refractivity contribution >= 4 is 0 Å². The molecule has 2 N–H and O–H groups in total. The minimum Gasteiger partial charge on any atom is -0.379 e. The van der Waals surface area contributed by atoms with Gasteiger partial charge in [0.1, 0.15) is 0 Å². The van der Waals surface area contributed by atoms with Crippen molar-refractivity contribution in [2.24, 2.45) is 16.6 Å². The summed E-state index contributed by atoms with van der Waals surface area (Å²) in [6, 6.07) is 0.211. The first kappa shape index (κ1) is 10.0. The average Bonchev–Trinajstić information content (AvgIpc) is 2.30. The van der Waals surface area contributed by atoms with Gasteiger partial charge < -0.3 is 10.5 Å². The molecule has 0 bridgehead atoms. The number of hydrogen-bond donors (Lipinski definition) is 1. The first-order valence-corrected chi connectivity index (χ1v) is 4.77. The predicted molar refractivity (Wildman–Crippen MR) is 51.0 cm³/mol. The number of ether oxygens (including phenoxy) is 1. The van der Waals surface area contributed by atoms with Crippen LogP contribution >= 0.6 is 0 Å². The lowest BCUT2D eigenvalue weighted by atomic mass is 9.62. The normalized spacial score (nSPS) is 37.2. The molecule has 1 heterocycles. The standard InChI is InChI=1S/C10H21NO/c1-5-10(9(2,3)4)7-12-6-8(10)11/h8H,5-7,11H2,1-4H3/t8-,10?/m1/s1. The van der Waals surface area contributed by atoms with Crippen LogP contribution in [0.15, 0.2) is 0 Å². The SMILES string of the molecule is CCC1(C(C)(C)C)COC[C@H]1N. The van der Waals surface area contributed by atoms with Gasteiger partial charge in [-0.2, -0.15) is 0 Å². The zero-order chi connectivity index (χ0) is 9.41. The maximum absolute atomic E-state index is 6.09. The van der Waals surface area contributed by atoms with Crippen molar-refractivity contribution in [2.75, 3.05) is 13.2 Å². The van der Waals surface area contributed by atoms with E-state index in [-0.39, 0.29) is 16.9 Å². The summed E-state index contributed by atoms with van der Waals surface area (Å²) in [7, 11) is 0. The Bertz CT molecular complexity index is 162. The van der Waals surface area contributed by atoms with E-state index in [1.807, 2.05) is 0 Å². The van der Waals surface area contributed by atoms with E-state index in [0.29, 0.717) is 0 Å². The summed E-state index contributed by atoms with van der Waals surface area (Å²) in [5.41, 5.74) is 6.52. The Morgan fingerprint density at radius 2 is 2.08 bits per heavy atom. The fourth-order valence-electron chi connectivity index (χ4n) is 2.30. The highest BCUT2D eigenvalue weighted by Crippen LogP contribution is 2.46. The fraction of sp³-hybridized carbons (Fsp3) is 1.00. The van der Waals surface area contributed by atoms with Crippen LogP contribution in [0, 0.1) is 10.8 Å². The molecule has 72 valence electrons. The number of nitrogens with two attached hydrogens (primary N) is 1. The smallest absolute Gasteiger partial charge is 0.0624 e. The second kappa shape index (κ2) is 3.00. The van der Waals surface area contributed by atoms with Gasteiger partial charge in [0.05, 0.1) is 13.2 Å². The monoisotopic (exact) mass is 171 g/mol. The van der Waals surface area contributed by atoms with E-state index in [4.69, 9.17) is 10.5 Å². The highest BCUT2D eigenvalue weighted by atomic mass is 16.5. The maximum atomic E-state index is 6.09. The molecule has 0 spiro atoms. The molecule has 1 saturated heterocycles. The Morgan fingerprint density at radius 1 is 1.50 bits per heavy atom. The van der Waals surface area contributed by atoms with Crippen LogP contribution < -0.4 is 5.73 Å². The Hall–Kier alpha value is -0.0800. The molecular weight excluding hydrogens is 150 g/mol.